The van der Waals surface area contributed by atoms with Crippen LogP contribution in [0.2, 0.25) is 0 Å². The molecule has 6 heteroatoms. The number of ether oxygens (including phenoxy) is 2. The number of carbonyl (C=O) groups is 2. The quantitative estimate of drug-likeness (QED) is 0.813. The van der Waals surface area contributed by atoms with Crippen molar-refractivity contribution in [1.29, 1.82) is 0 Å². The molecule has 0 aromatic heterocycles. The number of hydrogen-bond acceptors (Lipinski definition) is 4. The van der Waals surface area contributed by atoms with Crippen LogP contribution < -0.4 is 19.7 Å². The molecule has 1 heterocycles. The summed E-state index contributed by atoms with van der Waals surface area (Å²) in [5, 5.41) is 2.80. The van der Waals surface area contributed by atoms with Gasteiger partial charge in [0.2, 0.25) is 0 Å². The van der Waals surface area contributed by atoms with Crippen molar-refractivity contribution in [2.75, 3.05) is 30.0 Å². The lowest BCUT2D eigenvalue weighted by molar-refractivity contribution is -0.121. The lowest BCUT2D eigenvalue weighted by Crippen LogP contribution is -2.39. The van der Waals surface area contributed by atoms with Gasteiger partial charge in [0.05, 0.1) is 5.69 Å². The molecular weight excluding hydrogens is 344 g/mol. The minimum absolute atomic E-state index is 0.0151. The van der Waals surface area contributed by atoms with Crippen molar-refractivity contribution in [2.45, 2.75) is 26.7 Å². The van der Waals surface area contributed by atoms with E-state index in [2.05, 4.69) is 12.2 Å². The third-order valence-electron chi connectivity index (χ3n) is 4.34. The zero-order valence-corrected chi connectivity index (χ0v) is 15.7. The molecule has 142 valence electrons. The number of amides is 2. The summed E-state index contributed by atoms with van der Waals surface area (Å²) in [4.78, 5) is 25.9. The second-order valence-corrected chi connectivity index (χ2v) is 6.35. The van der Waals surface area contributed by atoms with E-state index in [4.69, 9.17) is 9.47 Å². The number of nitrogens with one attached hydrogen (secondary N) is 1. The lowest BCUT2D eigenvalue weighted by atomic mass is 10.2. The van der Waals surface area contributed by atoms with Crippen molar-refractivity contribution in [1.82, 2.24) is 0 Å². The van der Waals surface area contributed by atoms with Crippen LogP contribution in [0.4, 0.5) is 11.4 Å². The first-order valence-corrected chi connectivity index (χ1v) is 9.19. The summed E-state index contributed by atoms with van der Waals surface area (Å²) < 4.78 is 11.0. The van der Waals surface area contributed by atoms with Gasteiger partial charge in [0, 0.05) is 18.3 Å². The molecule has 0 atom stereocenters. The van der Waals surface area contributed by atoms with Gasteiger partial charge in [-0.05, 0) is 42.7 Å². The van der Waals surface area contributed by atoms with Crippen LogP contribution in [0.5, 0.6) is 11.5 Å². The normalized spacial score (nSPS) is 13.0. The summed E-state index contributed by atoms with van der Waals surface area (Å²) >= 11 is 0. The molecule has 0 saturated carbocycles. The molecule has 1 aliphatic heterocycles. The SMILES string of the molecule is CCCN1C(=O)COc2cc(NC(=O)COc3ccc(CC)cc3)ccc21. The average Bonchev–Trinajstić information content (AvgIpc) is 2.69. The zero-order valence-electron chi connectivity index (χ0n) is 15.7. The highest BCUT2D eigenvalue weighted by Gasteiger charge is 2.25. The van der Waals surface area contributed by atoms with Crippen molar-refractivity contribution < 1.29 is 19.1 Å². The standard InChI is InChI=1S/C21H24N2O4/c1-3-11-23-18-10-7-16(12-19(18)27-14-21(23)25)22-20(24)13-26-17-8-5-15(4-2)6-9-17/h5-10,12H,3-4,11,13-14H2,1-2H3,(H,22,24). The molecule has 27 heavy (non-hydrogen) atoms. The van der Waals surface area contributed by atoms with Crippen molar-refractivity contribution in [2.24, 2.45) is 0 Å². The summed E-state index contributed by atoms with van der Waals surface area (Å²) in [5.41, 5.74) is 2.56. The number of hydrogen-bond donors (Lipinski definition) is 1. The van der Waals surface area contributed by atoms with Gasteiger partial charge < -0.3 is 19.7 Å². The van der Waals surface area contributed by atoms with Crippen LogP contribution in [0.15, 0.2) is 42.5 Å². The predicted octanol–water partition coefficient (Wildman–Crippen LogP) is 3.40. The predicted molar refractivity (Wildman–Crippen MR) is 105 cm³/mol. The third-order valence-corrected chi connectivity index (χ3v) is 4.34. The van der Waals surface area contributed by atoms with Crippen LogP contribution in [0.25, 0.3) is 0 Å². The number of aryl methyl sites for hydroxylation is 1. The molecule has 2 amide bonds. The maximum absolute atomic E-state index is 12.2. The molecule has 0 saturated heterocycles. The molecule has 1 aliphatic rings. The summed E-state index contributed by atoms with van der Waals surface area (Å²) in [6.45, 7) is 4.69. The largest absolute Gasteiger partial charge is 0.484 e. The van der Waals surface area contributed by atoms with Gasteiger partial charge in [-0.15, -0.1) is 0 Å². The van der Waals surface area contributed by atoms with E-state index in [1.165, 1.54) is 5.56 Å². The Kier molecular flexibility index (Phi) is 5.96. The lowest BCUT2D eigenvalue weighted by Gasteiger charge is -2.29. The first kappa shape index (κ1) is 18.8. The van der Waals surface area contributed by atoms with Gasteiger partial charge in [-0.25, -0.2) is 0 Å². The Morgan fingerprint density at radius 2 is 1.96 bits per heavy atom. The number of benzene rings is 2. The highest BCUT2D eigenvalue weighted by atomic mass is 16.5. The minimum Gasteiger partial charge on any atom is -0.484 e. The van der Waals surface area contributed by atoms with Crippen molar-refractivity contribution >= 4 is 23.2 Å². The highest BCUT2D eigenvalue weighted by Crippen LogP contribution is 2.34. The fourth-order valence-electron chi connectivity index (χ4n) is 2.92. The van der Waals surface area contributed by atoms with Gasteiger partial charge in [0.1, 0.15) is 11.5 Å². The Morgan fingerprint density at radius 1 is 1.19 bits per heavy atom. The van der Waals surface area contributed by atoms with Gasteiger partial charge in [-0.3, -0.25) is 9.59 Å². The molecule has 3 rings (SSSR count). The Bertz CT molecular complexity index is 817. The molecule has 0 aliphatic carbocycles. The molecule has 0 unspecified atom stereocenters. The molecule has 1 N–H and O–H groups in total. The van der Waals surface area contributed by atoms with Gasteiger partial charge in [-0.1, -0.05) is 26.0 Å². The number of fused-ring (bicyclic) bond motifs is 1. The Balaban J connectivity index is 1.60. The van der Waals surface area contributed by atoms with Crippen LogP contribution in [-0.4, -0.2) is 31.6 Å². The van der Waals surface area contributed by atoms with Crippen LogP contribution in [0.1, 0.15) is 25.8 Å². The Hall–Kier alpha value is -3.02. The van der Waals surface area contributed by atoms with Crippen molar-refractivity contribution in [3.63, 3.8) is 0 Å². The number of nitrogens with zero attached hydrogens (tertiary/aromatic N) is 1. The molecule has 2 aromatic carbocycles. The van der Waals surface area contributed by atoms with E-state index in [0.29, 0.717) is 23.7 Å². The van der Waals surface area contributed by atoms with E-state index < -0.39 is 0 Å². The second-order valence-electron chi connectivity index (χ2n) is 6.35. The summed E-state index contributed by atoms with van der Waals surface area (Å²) in [6.07, 6.45) is 1.82. The monoisotopic (exact) mass is 368 g/mol. The van der Waals surface area contributed by atoms with E-state index >= 15 is 0 Å². The summed E-state index contributed by atoms with van der Waals surface area (Å²) in [7, 11) is 0. The topological polar surface area (TPSA) is 67.9 Å². The molecule has 6 nitrogen and oxygen atoms in total. The van der Waals surface area contributed by atoms with Crippen LogP contribution in [-0.2, 0) is 16.0 Å². The summed E-state index contributed by atoms with van der Waals surface area (Å²) in [5.74, 6) is 0.942. The third kappa shape index (κ3) is 4.58. The molecule has 0 spiro atoms. The maximum atomic E-state index is 12.2. The molecule has 0 bridgehead atoms. The Morgan fingerprint density at radius 3 is 2.67 bits per heavy atom. The van der Waals surface area contributed by atoms with E-state index in [0.717, 1.165) is 18.5 Å². The Labute approximate surface area is 159 Å². The zero-order chi connectivity index (χ0) is 19.2. The van der Waals surface area contributed by atoms with Crippen LogP contribution in [0, 0.1) is 0 Å². The van der Waals surface area contributed by atoms with Gasteiger partial charge in [0.15, 0.2) is 13.2 Å². The number of rotatable bonds is 7. The smallest absolute Gasteiger partial charge is 0.265 e. The molecule has 2 aromatic rings. The van der Waals surface area contributed by atoms with E-state index in [9.17, 15) is 9.59 Å². The molecular formula is C21H24N2O4. The van der Waals surface area contributed by atoms with Gasteiger partial charge >= 0.3 is 0 Å². The number of anilines is 2. The molecule has 0 radical (unpaired) electrons. The first-order valence-electron chi connectivity index (χ1n) is 9.19. The van der Waals surface area contributed by atoms with E-state index in [1.54, 1.807) is 23.1 Å². The molecule has 0 fully saturated rings. The van der Waals surface area contributed by atoms with Crippen molar-refractivity contribution in [3.8, 4) is 11.5 Å². The van der Waals surface area contributed by atoms with E-state index in [1.807, 2.05) is 31.2 Å². The van der Waals surface area contributed by atoms with Crippen molar-refractivity contribution in [3.05, 3.63) is 48.0 Å². The van der Waals surface area contributed by atoms with Crippen LogP contribution in [0.3, 0.4) is 0 Å². The first-order chi connectivity index (χ1) is 13.1. The highest BCUT2D eigenvalue weighted by molar-refractivity contribution is 5.99. The number of carbonyl (C=O) groups excluding carboxylic acids is 2. The summed E-state index contributed by atoms with van der Waals surface area (Å²) in [6, 6.07) is 13.0. The maximum Gasteiger partial charge on any atom is 0.265 e. The van der Waals surface area contributed by atoms with Gasteiger partial charge in [-0.2, -0.15) is 0 Å². The second kappa shape index (κ2) is 8.58. The van der Waals surface area contributed by atoms with Crippen LogP contribution >= 0.6 is 0 Å². The van der Waals surface area contributed by atoms with E-state index in [-0.39, 0.29) is 25.0 Å². The van der Waals surface area contributed by atoms with Gasteiger partial charge in [0.25, 0.3) is 11.8 Å². The fraction of sp³-hybridized carbons (Fsp3) is 0.333. The average molecular weight is 368 g/mol. The fourth-order valence-corrected chi connectivity index (χ4v) is 2.92. The minimum atomic E-state index is -0.258.